The zero-order valence-electron chi connectivity index (χ0n) is 13.8. The second kappa shape index (κ2) is 5.99. The minimum Gasteiger partial charge on any atom is -0.387 e. The average molecular weight is 344 g/mol. The van der Waals surface area contributed by atoms with Crippen LogP contribution in [0.4, 0.5) is 0 Å². The van der Waals surface area contributed by atoms with Gasteiger partial charge in [-0.25, -0.2) is 0 Å². The highest BCUT2D eigenvalue weighted by Crippen LogP contribution is 2.45. The van der Waals surface area contributed by atoms with Gasteiger partial charge in [0.05, 0.1) is 23.7 Å². The molecule has 3 N–H and O–H groups in total. The number of amides is 2. The number of aliphatic hydroxyl groups is 1. The number of aromatic amines is 1. The Balaban J connectivity index is 1.40. The molecule has 3 fully saturated rings. The van der Waals surface area contributed by atoms with E-state index in [1.54, 1.807) is 15.8 Å². The zero-order chi connectivity index (χ0) is 17.6. The van der Waals surface area contributed by atoms with Crippen LogP contribution in [0.15, 0.2) is 18.6 Å². The summed E-state index contributed by atoms with van der Waals surface area (Å²) in [6, 6.07) is 0.132. The van der Waals surface area contributed by atoms with Gasteiger partial charge in [-0.2, -0.15) is 10.2 Å². The lowest BCUT2D eigenvalue weighted by Crippen LogP contribution is -2.47. The van der Waals surface area contributed by atoms with Gasteiger partial charge in [0.1, 0.15) is 6.61 Å². The summed E-state index contributed by atoms with van der Waals surface area (Å²) in [6.45, 7) is 0.740. The van der Waals surface area contributed by atoms with E-state index in [4.69, 9.17) is 5.11 Å². The number of aryl methyl sites for hydroxylation is 1. The fourth-order valence-electron chi connectivity index (χ4n) is 3.95. The van der Waals surface area contributed by atoms with Crippen LogP contribution < -0.4 is 5.32 Å². The molecule has 0 aromatic carbocycles. The largest absolute Gasteiger partial charge is 0.387 e. The molecule has 2 aliphatic heterocycles. The highest BCUT2D eigenvalue weighted by atomic mass is 16.3. The van der Waals surface area contributed by atoms with Crippen LogP contribution in [-0.4, -0.2) is 67.5 Å². The van der Waals surface area contributed by atoms with Crippen molar-refractivity contribution in [1.29, 1.82) is 0 Å². The molecule has 2 aromatic heterocycles. The highest BCUT2D eigenvalue weighted by Gasteiger charge is 2.53. The molecule has 1 saturated carbocycles. The maximum absolute atomic E-state index is 12.5. The third-order valence-electron chi connectivity index (χ3n) is 5.31. The smallest absolute Gasteiger partial charge is 0.255 e. The number of fused-ring (bicyclic) bond motifs is 1. The lowest BCUT2D eigenvalue weighted by atomic mass is 9.74. The molecule has 2 amide bonds. The number of nitrogens with one attached hydrogen (secondary N) is 2. The Kier molecular flexibility index (Phi) is 3.79. The molecule has 4 heterocycles. The summed E-state index contributed by atoms with van der Waals surface area (Å²) in [5.41, 5.74) is 1.91. The number of H-pyrrole nitrogens is 1. The Hall–Kier alpha value is -2.68. The number of nitrogens with zero attached hydrogens (tertiary/aromatic N) is 4. The normalized spacial score (nSPS) is 24.2. The molecule has 2 saturated heterocycles. The Morgan fingerprint density at radius 1 is 1.44 bits per heavy atom. The molecule has 132 valence electrons. The molecule has 0 radical (unpaired) electrons. The second-order valence-corrected chi connectivity index (χ2v) is 6.70. The van der Waals surface area contributed by atoms with Gasteiger partial charge in [-0.3, -0.25) is 19.4 Å². The van der Waals surface area contributed by atoms with Crippen LogP contribution in [0.2, 0.25) is 0 Å². The predicted molar refractivity (Wildman–Crippen MR) is 87.3 cm³/mol. The first-order valence-corrected chi connectivity index (χ1v) is 8.29. The molecule has 2 bridgehead atoms. The van der Waals surface area contributed by atoms with Gasteiger partial charge in [-0.1, -0.05) is 0 Å². The molecule has 2 aromatic rings. The van der Waals surface area contributed by atoms with Crippen molar-refractivity contribution in [2.24, 2.45) is 18.9 Å². The van der Waals surface area contributed by atoms with Crippen LogP contribution in [0.25, 0.3) is 11.3 Å². The summed E-state index contributed by atoms with van der Waals surface area (Å²) in [6.07, 6.45) is 5.96. The van der Waals surface area contributed by atoms with Crippen molar-refractivity contribution < 1.29 is 14.7 Å². The van der Waals surface area contributed by atoms with E-state index in [9.17, 15) is 9.59 Å². The number of rotatable bonds is 5. The first-order valence-electron chi connectivity index (χ1n) is 8.29. The molecule has 3 atom stereocenters. The Morgan fingerprint density at radius 3 is 3.00 bits per heavy atom. The second-order valence-electron chi connectivity index (χ2n) is 6.70. The van der Waals surface area contributed by atoms with Gasteiger partial charge in [0.15, 0.2) is 0 Å². The van der Waals surface area contributed by atoms with Gasteiger partial charge >= 0.3 is 0 Å². The Morgan fingerprint density at radius 2 is 2.28 bits per heavy atom. The fraction of sp³-hybridized carbons (Fsp3) is 0.500. The number of hydrogen-bond acceptors (Lipinski definition) is 5. The van der Waals surface area contributed by atoms with Crippen LogP contribution in [-0.2, 0) is 11.8 Å². The molecule has 9 nitrogen and oxygen atoms in total. The molecule has 0 spiro atoms. The van der Waals surface area contributed by atoms with Crippen molar-refractivity contribution >= 4 is 11.8 Å². The number of aromatic nitrogens is 4. The van der Waals surface area contributed by atoms with E-state index in [2.05, 4.69) is 20.6 Å². The maximum atomic E-state index is 12.5. The number of carbonyl (C=O) groups is 2. The molecule has 3 aliphatic rings. The summed E-state index contributed by atoms with van der Waals surface area (Å²) < 4.78 is 1.66. The number of carbonyl (C=O) groups excluding carboxylic acids is 2. The van der Waals surface area contributed by atoms with Crippen LogP contribution in [0.5, 0.6) is 0 Å². The molecule has 5 rings (SSSR count). The van der Waals surface area contributed by atoms with Crippen molar-refractivity contribution in [1.82, 2.24) is 30.2 Å². The molecule has 9 heteroatoms. The lowest BCUT2D eigenvalue weighted by molar-refractivity contribution is -0.134. The van der Waals surface area contributed by atoms with E-state index in [1.807, 2.05) is 13.2 Å². The van der Waals surface area contributed by atoms with E-state index in [-0.39, 0.29) is 23.8 Å². The van der Waals surface area contributed by atoms with Crippen molar-refractivity contribution in [2.75, 3.05) is 19.7 Å². The van der Waals surface area contributed by atoms with Gasteiger partial charge in [0.2, 0.25) is 5.91 Å². The van der Waals surface area contributed by atoms with E-state index in [0.717, 1.165) is 12.0 Å². The first kappa shape index (κ1) is 15.8. The van der Waals surface area contributed by atoms with Crippen molar-refractivity contribution in [3.8, 4) is 11.3 Å². The van der Waals surface area contributed by atoms with Crippen molar-refractivity contribution in [2.45, 2.75) is 12.5 Å². The topological polar surface area (TPSA) is 116 Å². The van der Waals surface area contributed by atoms with Crippen LogP contribution in [0.3, 0.4) is 0 Å². The van der Waals surface area contributed by atoms with Crippen LogP contribution >= 0.6 is 0 Å². The van der Waals surface area contributed by atoms with Gasteiger partial charge < -0.3 is 15.3 Å². The summed E-state index contributed by atoms with van der Waals surface area (Å²) in [7, 11) is 1.81. The summed E-state index contributed by atoms with van der Waals surface area (Å²) in [5.74, 6) is 0.241. The standard InChI is InChI=1S/C16H20N6O3/c1-21-6-10(3-19-21)15-12(5-18-20-15)16(25)17-4-11-9-2-13(11)22(7-9)14(24)8-23/h3,5-6,9,11,13,23H,2,4,7-8H2,1H3,(H,17,25)(H,18,20)/t9-,11+,13-/m0/s1. The molecular weight excluding hydrogens is 324 g/mol. The van der Waals surface area contributed by atoms with Crippen LogP contribution in [0, 0.1) is 11.8 Å². The van der Waals surface area contributed by atoms with Gasteiger partial charge in [0, 0.05) is 43.9 Å². The minimum atomic E-state index is -0.453. The number of hydrogen-bond donors (Lipinski definition) is 3. The summed E-state index contributed by atoms with van der Waals surface area (Å²) in [5, 5.41) is 22.9. The number of aliphatic hydroxyl groups excluding tert-OH is 1. The minimum absolute atomic E-state index is 0.132. The van der Waals surface area contributed by atoms with E-state index >= 15 is 0 Å². The Bertz CT molecular complexity index is 812. The zero-order valence-corrected chi connectivity index (χ0v) is 13.8. The Labute approximate surface area is 144 Å². The monoisotopic (exact) mass is 344 g/mol. The molecular formula is C16H20N6O3. The van der Waals surface area contributed by atoms with Gasteiger partial charge in [0.25, 0.3) is 5.91 Å². The molecule has 0 unspecified atom stereocenters. The molecule has 1 aliphatic carbocycles. The van der Waals surface area contributed by atoms with Crippen LogP contribution in [0.1, 0.15) is 16.8 Å². The lowest BCUT2D eigenvalue weighted by Gasteiger charge is -2.36. The fourth-order valence-corrected chi connectivity index (χ4v) is 3.95. The van der Waals surface area contributed by atoms with Crippen molar-refractivity contribution in [3.63, 3.8) is 0 Å². The quantitative estimate of drug-likeness (QED) is 0.668. The summed E-state index contributed by atoms with van der Waals surface area (Å²) >= 11 is 0. The highest BCUT2D eigenvalue weighted by molar-refractivity contribution is 5.99. The third kappa shape index (κ3) is 2.60. The first-order chi connectivity index (χ1) is 12.1. The van der Waals surface area contributed by atoms with E-state index in [0.29, 0.717) is 30.3 Å². The average Bonchev–Trinajstić information content (AvgIpc) is 3.35. The maximum Gasteiger partial charge on any atom is 0.255 e. The van der Waals surface area contributed by atoms with E-state index in [1.165, 1.54) is 6.20 Å². The third-order valence-corrected chi connectivity index (χ3v) is 5.31. The van der Waals surface area contributed by atoms with Gasteiger partial charge in [-0.05, 0) is 12.3 Å². The van der Waals surface area contributed by atoms with Gasteiger partial charge in [-0.15, -0.1) is 0 Å². The SMILES string of the molecule is Cn1cc(-c2[nH]ncc2C(=O)NC[C@@H]2[C@H]3C[C@@H]2N(C(=O)CO)C3)cn1. The molecule has 25 heavy (non-hydrogen) atoms. The van der Waals surface area contributed by atoms with E-state index < -0.39 is 6.61 Å². The summed E-state index contributed by atoms with van der Waals surface area (Å²) in [4.78, 5) is 26.0. The van der Waals surface area contributed by atoms with Crippen molar-refractivity contribution in [3.05, 3.63) is 24.2 Å². The predicted octanol–water partition coefficient (Wildman–Crippen LogP) is -0.621.